The van der Waals surface area contributed by atoms with Gasteiger partial charge in [-0.15, -0.1) is 0 Å². The summed E-state index contributed by atoms with van der Waals surface area (Å²) >= 11 is 12.1. The van der Waals surface area contributed by atoms with Crippen LogP contribution in [-0.4, -0.2) is 46.4 Å². The highest BCUT2D eigenvalue weighted by molar-refractivity contribution is 6.42. The van der Waals surface area contributed by atoms with Gasteiger partial charge in [0, 0.05) is 13.1 Å². The molecule has 3 rings (SSSR count). The molecule has 1 aromatic carbocycles. The maximum absolute atomic E-state index is 12.3. The third kappa shape index (κ3) is 4.24. The molecule has 1 fully saturated rings. The molecule has 128 valence electrons. The van der Waals surface area contributed by atoms with Crippen molar-refractivity contribution in [2.75, 3.05) is 19.7 Å². The number of carbonyl (C=O) groups is 1. The van der Waals surface area contributed by atoms with Crippen LogP contribution in [0.3, 0.4) is 0 Å². The highest BCUT2D eigenvalue weighted by atomic mass is 35.5. The van der Waals surface area contributed by atoms with Crippen LogP contribution in [0.2, 0.25) is 10.0 Å². The van der Waals surface area contributed by atoms with Crippen LogP contribution in [-0.2, 0) is 16.1 Å². The summed E-state index contributed by atoms with van der Waals surface area (Å²) in [6, 6.07) is 5.13. The molecule has 0 saturated carbocycles. The van der Waals surface area contributed by atoms with Gasteiger partial charge in [0.15, 0.2) is 0 Å². The predicted molar refractivity (Wildman–Crippen MR) is 90.0 cm³/mol. The second kappa shape index (κ2) is 7.94. The van der Waals surface area contributed by atoms with Gasteiger partial charge in [0.05, 0.1) is 22.7 Å². The van der Waals surface area contributed by atoms with Gasteiger partial charge in [-0.05, 0) is 17.7 Å². The van der Waals surface area contributed by atoms with Gasteiger partial charge in [-0.25, -0.2) is 9.67 Å². The fourth-order valence-electron chi connectivity index (χ4n) is 2.60. The van der Waals surface area contributed by atoms with E-state index in [4.69, 9.17) is 27.9 Å². The molecule has 24 heavy (non-hydrogen) atoms. The van der Waals surface area contributed by atoms with E-state index in [-0.39, 0.29) is 24.6 Å². The molecule has 1 saturated heterocycles. The second-order valence-corrected chi connectivity index (χ2v) is 6.25. The summed E-state index contributed by atoms with van der Waals surface area (Å²) in [6.45, 7) is 1.95. The van der Waals surface area contributed by atoms with E-state index in [0.717, 1.165) is 5.56 Å². The van der Waals surface area contributed by atoms with Gasteiger partial charge < -0.3 is 15.4 Å². The van der Waals surface area contributed by atoms with Crippen LogP contribution in [0.25, 0.3) is 0 Å². The monoisotopic (exact) mass is 369 g/mol. The zero-order valence-electron chi connectivity index (χ0n) is 12.8. The number of hydrogen-bond acceptors (Lipinski definition) is 5. The van der Waals surface area contributed by atoms with E-state index in [1.54, 1.807) is 12.1 Å². The van der Waals surface area contributed by atoms with Crippen LogP contribution in [0.5, 0.6) is 0 Å². The Kier molecular flexibility index (Phi) is 5.68. The second-order valence-electron chi connectivity index (χ2n) is 5.44. The number of ether oxygens (including phenoxy) is 1. The van der Waals surface area contributed by atoms with Crippen molar-refractivity contribution in [1.29, 1.82) is 0 Å². The molecular weight excluding hydrogens is 353 g/mol. The number of halogens is 2. The summed E-state index contributed by atoms with van der Waals surface area (Å²) in [6.07, 6.45) is 2.58. The normalized spacial score (nSPS) is 21.2. The van der Waals surface area contributed by atoms with Gasteiger partial charge in [-0.3, -0.25) is 4.79 Å². The van der Waals surface area contributed by atoms with Crippen molar-refractivity contribution >= 4 is 29.1 Å². The minimum atomic E-state index is -0.311. The number of hydrogen-bond donors (Lipinski definition) is 2. The lowest BCUT2D eigenvalue weighted by atomic mass is 10.0. The highest BCUT2D eigenvalue weighted by Crippen LogP contribution is 2.29. The number of rotatable bonds is 4. The third-order valence-electron chi connectivity index (χ3n) is 3.70. The number of nitrogens with zero attached hydrogens (tertiary/aromatic N) is 3. The zero-order chi connectivity index (χ0) is 16.9. The molecule has 0 bridgehead atoms. The summed E-state index contributed by atoms with van der Waals surface area (Å²) in [5.41, 5.74) is 0.874. The first-order valence-electron chi connectivity index (χ1n) is 7.52. The first-order valence-corrected chi connectivity index (χ1v) is 8.28. The van der Waals surface area contributed by atoms with Crippen LogP contribution in [0.1, 0.15) is 11.7 Å². The van der Waals surface area contributed by atoms with Crippen LogP contribution >= 0.6 is 23.2 Å². The molecular formula is C15H17Cl2N5O2. The van der Waals surface area contributed by atoms with Crippen molar-refractivity contribution in [3.63, 3.8) is 0 Å². The molecule has 9 heteroatoms. The number of nitrogens with one attached hydrogen (secondary N) is 2. The fraction of sp³-hybridized carbons (Fsp3) is 0.400. The SMILES string of the molecule is O=C(Cn1cncn1)N[C@@H]1CNCCO[C@H]1c1ccc(Cl)c(Cl)c1. The van der Waals surface area contributed by atoms with Crippen molar-refractivity contribution in [3.05, 3.63) is 46.5 Å². The Morgan fingerprint density at radius 1 is 1.42 bits per heavy atom. The van der Waals surface area contributed by atoms with E-state index in [1.165, 1.54) is 17.3 Å². The number of benzene rings is 1. The Morgan fingerprint density at radius 3 is 3.04 bits per heavy atom. The first kappa shape index (κ1) is 17.2. The summed E-state index contributed by atoms with van der Waals surface area (Å²) in [5.74, 6) is -0.164. The number of amides is 1. The minimum absolute atomic E-state index is 0.102. The summed E-state index contributed by atoms with van der Waals surface area (Å²) in [5, 5.41) is 11.1. The van der Waals surface area contributed by atoms with Crippen molar-refractivity contribution in [1.82, 2.24) is 25.4 Å². The van der Waals surface area contributed by atoms with Crippen LogP contribution < -0.4 is 10.6 Å². The van der Waals surface area contributed by atoms with Crippen molar-refractivity contribution in [2.24, 2.45) is 0 Å². The summed E-state index contributed by atoms with van der Waals surface area (Å²) in [4.78, 5) is 16.1. The van der Waals surface area contributed by atoms with Gasteiger partial charge >= 0.3 is 0 Å². The molecule has 0 spiro atoms. The average molecular weight is 370 g/mol. The first-order chi connectivity index (χ1) is 11.6. The van der Waals surface area contributed by atoms with Gasteiger partial charge in [0.25, 0.3) is 0 Å². The fourth-order valence-corrected chi connectivity index (χ4v) is 2.90. The van der Waals surface area contributed by atoms with E-state index in [1.807, 2.05) is 6.07 Å². The van der Waals surface area contributed by atoms with Crippen molar-refractivity contribution in [2.45, 2.75) is 18.7 Å². The lowest BCUT2D eigenvalue weighted by molar-refractivity contribution is -0.123. The Hall–Kier alpha value is -1.67. The molecule has 0 aliphatic carbocycles. The van der Waals surface area contributed by atoms with E-state index >= 15 is 0 Å². The molecule has 1 aliphatic rings. The average Bonchev–Trinajstić information content (AvgIpc) is 2.95. The molecule has 0 unspecified atom stereocenters. The van der Waals surface area contributed by atoms with Crippen LogP contribution in [0.4, 0.5) is 0 Å². The third-order valence-corrected chi connectivity index (χ3v) is 4.44. The standard InChI is InChI=1S/C15H17Cl2N5O2/c16-11-2-1-10(5-12(11)17)15-13(6-18-3-4-24-15)21-14(23)7-22-9-19-8-20-22/h1-2,5,8-9,13,15,18H,3-4,6-7H2,(H,21,23)/t13-,15+/m1/s1. The molecule has 2 atom stereocenters. The van der Waals surface area contributed by atoms with Crippen LogP contribution in [0, 0.1) is 0 Å². The predicted octanol–water partition coefficient (Wildman–Crippen LogP) is 1.43. The molecule has 2 aromatic rings. The maximum Gasteiger partial charge on any atom is 0.242 e. The minimum Gasteiger partial charge on any atom is -0.370 e. The van der Waals surface area contributed by atoms with Gasteiger partial charge in [0.1, 0.15) is 25.3 Å². The quantitative estimate of drug-likeness (QED) is 0.851. The number of aromatic nitrogens is 3. The molecule has 7 nitrogen and oxygen atoms in total. The lowest BCUT2D eigenvalue weighted by Crippen LogP contribution is -2.46. The van der Waals surface area contributed by atoms with E-state index in [2.05, 4.69) is 20.7 Å². The van der Waals surface area contributed by atoms with E-state index in [0.29, 0.717) is 29.7 Å². The Morgan fingerprint density at radius 2 is 2.29 bits per heavy atom. The molecule has 1 aliphatic heterocycles. The highest BCUT2D eigenvalue weighted by Gasteiger charge is 2.28. The lowest BCUT2D eigenvalue weighted by Gasteiger charge is -2.26. The Balaban J connectivity index is 1.74. The van der Waals surface area contributed by atoms with Crippen molar-refractivity contribution in [3.8, 4) is 0 Å². The largest absolute Gasteiger partial charge is 0.370 e. The smallest absolute Gasteiger partial charge is 0.242 e. The van der Waals surface area contributed by atoms with Gasteiger partial charge in [-0.2, -0.15) is 5.10 Å². The van der Waals surface area contributed by atoms with E-state index < -0.39 is 0 Å². The van der Waals surface area contributed by atoms with Gasteiger partial charge in [0.2, 0.25) is 5.91 Å². The molecule has 1 amide bonds. The van der Waals surface area contributed by atoms with Crippen LogP contribution in [0.15, 0.2) is 30.9 Å². The summed E-state index contributed by atoms with van der Waals surface area (Å²) in [7, 11) is 0. The molecule has 1 aromatic heterocycles. The zero-order valence-corrected chi connectivity index (χ0v) is 14.3. The topological polar surface area (TPSA) is 81.1 Å². The summed E-state index contributed by atoms with van der Waals surface area (Å²) < 4.78 is 7.39. The Labute approximate surface area is 149 Å². The molecule has 2 heterocycles. The maximum atomic E-state index is 12.3. The van der Waals surface area contributed by atoms with Gasteiger partial charge in [-0.1, -0.05) is 29.3 Å². The van der Waals surface area contributed by atoms with Crippen molar-refractivity contribution < 1.29 is 9.53 Å². The molecule has 2 N–H and O–H groups in total. The number of carbonyl (C=O) groups excluding carboxylic acids is 1. The van der Waals surface area contributed by atoms with E-state index in [9.17, 15) is 4.79 Å². The molecule has 0 radical (unpaired) electrons. The Bertz CT molecular complexity index is 695.